The molecule has 1 heterocycles. The van der Waals surface area contributed by atoms with Crippen molar-refractivity contribution in [1.82, 2.24) is 3.97 Å². The van der Waals surface area contributed by atoms with Gasteiger partial charge in [-0.2, -0.15) is 13.2 Å². The first-order valence-corrected chi connectivity index (χ1v) is 15.6. The normalized spacial score (nSPS) is 11.9. The summed E-state index contributed by atoms with van der Waals surface area (Å²) in [7, 11) is -4.48. The Balaban J connectivity index is 1.50. The van der Waals surface area contributed by atoms with Crippen LogP contribution >= 0.6 is 0 Å². The van der Waals surface area contributed by atoms with Gasteiger partial charge in [0.05, 0.1) is 21.7 Å². The van der Waals surface area contributed by atoms with Crippen LogP contribution < -0.4 is 9.47 Å². The molecule has 0 saturated carbocycles. The van der Waals surface area contributed by atoms with Gasteiger partial charge in [-0.3, -0.25) is 0 Å². The summed E-state index contributed by atoms with van der Waals surface area (Å²) < 4.78 is 85.8. The molecule has 0 N–H and O–H groups in total. The summed E-state index contributed by atoms with van der Waals surface area (Å²) in [5, 5.41) is -0.289. The van der Waals surface area contributed by atoms with Gasteiger partial charge in [0.1, 0.15) is 24.7 Å². The van der Waals surface area contributed by atoms with Crippen molar-refractivity contribution in [3.63, 3.8) is 0 Å². The lowest BCUT2D eigenvalue weighted by atomic mass is 10.0. The smallest absolute Gasteiger partial charge is 0.419 e. The highest BCUT2D eigenvalue weighted by atomic mass is 32.2. The molecule has 0 bridgehead atoms. The van der Waals surface area contributed by atoms with Crippen LogP contribution in [0.2, 0.25) is 0 Å². The summed E-state index contributed by atoms with van der Waals surface area (Å²) in [4.78, 5) is -0.132. The summed E-state index contributed by atoms with van der Waals surface area (Å²) in [5.74, 6) is 0.606. The molecule has 1 aromatic heterocycles. The van der Waals surface area contributed by atoms with E-state index in [1.165, 1.54) is 54.6 Å². The van der Waals surface area contributed by atoms with Crippen LogP contribution in [0, 0.1) is 6.92 Å². The highest BCUT2D eigenvalue weighted by Crippen LogP contribution is 2.46. The second-order valence-corrected chi connectivity index (χ2v) is 12.3. The van der Waals surface area contributed by atoms with Crippen molar-refractivity contribution >= 4 is 20.9 Å². The molecule has 6 rings (SSSR count). The van der Waals surface area contributed by atoms with E-state index in [9.17, 15) is 8.42 Å². The first kappa shape index (κ1) is 30.0. The molecule has 9 heteroatoms. The van der Waals surface area contributed by atoms with Crippen molar-refractivity contribution in [2.45, 2.75) is 31.2 Å². The van der Waals surface area contributed by atoms with Crippen LogP contribution in [0.25, 0.3) is 22.2 Å². The number of ether oxygens (including phenoxy) is 2. The van der Waals surface area contributed by atoms with Gasteiger partial charge in [0.15, 0.2) is 0 Å². The van der Waals surface area contributed by atoms with Crippen molar-refractivity contribution < 1.29 is 31.1 Å². The van der Waals surface area contributed by atoms with Crippen LogP contribution in [0.3, 0.4) is 0 Å². The topological polar surface area (TPSA) is 57.5 Å². The van der Waals surface area contributed by atoms with Crippen molar-refractivity contribution in [2.75, 3.05) is 0 Å². The third-order valence-electron chi connectivity index (χ3n) is 7.36. The maximum atomic E-state index is 15.0. The molecule has 228 valence electrons. The summed E-state index contributed by atoms with van der Waals surface area (Å²) >= 11 is 0. The monoisotopic (exact) mass is 627 g/mol. The summed E-state index contributed by atoms with van der Waals surface area (Å²) in [6.07, 6.45) is -4.90. The van der Waals surface area contributed by atoms with Gasteiger partial charge in [-0.05, 0) is 72.6 Å². The van der Waals surface area contributed by atoms with Gasteiger partial charge in [0.2, 0.25) is 0 Å². The number of halogens is 3. The number of aromatic nitrogens is 1. The molecule has 0 atom stereocenters. The van der Waals surface area contributed by atoms with E-state index in [2.05, 4.69) is 0 Å². The van der Waals surface area contributed by atoms with E-state index in [0.29, 0.717) is 5.75 Å². The number of hydrogen-bond acceptors (Lipinski definition) is 4. The standard InChI is InChI=1S/C36H28F3NO4S/c1-25-12-19-31(20-13-25)45(41,42)40-33-21-18-30(44-24-27-10-6-3-7-11-27)22-32(33)34(36(37,38)39)35(40)28-14-16-29(17-15-28)43-23-26-8-4-2-5-9-26/h2-22H,23-24H2,1H3. The zero-order valence-electron chi connectivity index (χ0n) is 24.2. The number of fused-ring (bicyclic) bond motifs is 1. The highest BCUT2D eigenvalue weighted by molar-refractivity contribution is 7.90. The zero-order chi connectivity index (χ0) is 31.6. The van der Waals surface area contributed by atoms with Crippen molar-refractivity contribution in [2.24, 2.45) is 0 Å². The Hall–Kier alpha value is -5.02. The molecule has 6 aromatic rings. The molecule has 5 nitrogen and oxygen atoms in total. The molecular formula is C36H28F3NO4S. The van der Waals surface area contributed by atoms with E-state index >= 15 is 13.2 Å². The van der Waals surface area contributed by atoms with Gasteiger partial charge in [-0.1, -0.05) is 78.4 Å². The van der Waals surface area contributed by atoms with E-state index in [1.807, 2.05) is 60.7 Å². The molecule has 0 aliphatic carbocycles. The van der Waals surface area contributed by atoms with Gasteiger partial charge >= 0.3 is 6.18 Å². The van der Waals surface area contributed by atoms with Crippen molar-refractivity contribution in [3.8, 4) is 22.8 Å². The molecule has 0 aliphatic rings. The number of benzene rings is 5. The van der Waals surface area contributed by atoms with Gasteiger partial charge in [0.25, 0.3) is 10.0 Å². The van der Waals surface area contributed by atoms with Gasteiger partial charge in [-0.25, -0.2) is 12.4 Å². The molecule has 0 radical (unpaired) electrons. The van der Waals surface area contributed by atoms with Gasteiger partial charge in [0, 0.05) is 10.9 Å². The Kier molecular flexibility index (Phi) is 8.12. The summed E-state index contributed by atoms with van der Waals surface area (Å²) in [6.45, 7) is 2.20. The van der Waals surface area contributed by atoms with Crippen LogP contribution in [-0.4, -0.2) is 12.4 Å². The lowest BCUT2D eigenvalue weighted by Crippen LogP contribution is -2.16. The fraction of sp³-hybridized carbons (Fsp3) is 0.111. The minimum Gasteiger partial charge on any atom is -0.489 e. The van der Waals surface area contributed by atoms with Gasteiger partial charge in [-0.15, -0.1) is 0 Å². The molecule has 5 aromatic carbocycles. The second kappa shape index (κ2) is 12.2. The second-order valence-electron chi connectivity index (χ2n) is 10.6. The number of alkyl halides is 3. The summed E-state index contributed by atoms with van der Waals surface area (Å²) in [5.41, 5.74) is 0.958. The molecule has 45 heavy (non-hydrogen) atoms. The Morgan fingerprint density at radius 2 is 1.20 bits per heavy atom. The Labute approximate surface area is 259 Å². The predicted molar refractivity (Wildman–Crippen MR) is 168 cm³/mol. The minimum atomic E-state index is -4.90. The Morgan fingerprint density at radius 1 is 0.667 bits per heavy atom. The highest BCUT2D eigenvalue weighted by Gasteiger charge is 2.41. The van der Waals surface area contributed by atoms with Crippen LogP contribution in [0.15, 0.2) is 132 Å². The van der Waals surface area contributed by atoms with E-state index in [-0.39, 0.29) is 40.3 Å². The van der Waals surface area contributed by atoms with E-state index < -0.39 is 27.5 Å². The summed E-state index contributed by atoms with van der Waals surface area (Å²) in [6, 6.07) is 34.7. The molecule has 0 aliphatic heterocycles. The first-order chi connectivity index (χ1) is 21.6. The Morgan fingerprint density at radius 3 is 1.76 bits per heavy atom. The van der Waals surface area contributed by atoms with E-state index in [4.69, 9.17) is 9.47 Å². The zero-order valence-corrected chi connectivity index (χ0v) is 25.0. The SMILES string of the molecule is Cc1ccc(S(=O)(=O)n2c(-c3ccc(OCc4ccccc4)cc3)c(C(F)(F)F)c3cc(OCc4ccccc4)ccc32)cc1. The average molecular weight is 628 g/mol. The third-order valence-corrected chi connectivity index (χ3v) is 9.09. The maximum Gasteiger partial charge on any atom is 0.419 e. The quantitative estimate of drug-likeness (QED) is 0.161. The van der Waals surface area contributed by atoms with Crippen LogP contribution in [-0.2, 0) is 29.4 Å². The van der Waals surface area contributed by atoms with Gasteiger partial charge < -0.3 is 9.47 Å². The van der Waals surface area contributed by atoms with Crippen LogP contribution in [0.4, 0.5) is 13.2 Å². The lowest BCUT2D eigenvalue weighted by Gasteiger charge is -2.15. The lowest BCUT2D eigenvalue weighted by molar-refractivity contribution is -0.135. The molecule has 0 saturated heterocycles. The molecule has 0 spiro atoms. The van der Waals surface area contributed by atoms with E-state index in [1.54, 1.807) is 19.1 Å². The first-order valence-electron chi connectivity index (χ1n) is 14.1. The molecule has 0 fully saturated rings. The average Bonchev–Trinajstić information content (AvgIpc) is 3.40. The fourth-order valence-corrected chi connectivity index (χ4v) is 6.68. The number of rotatable bonds is 9. The Bertz CT molecular complexity index is 2040. The minimum absolute atomic E-state index is 0.0630. The maximum absolute atomic E-state index is 15.0. The van der Waals surface area contributed by atoms with Crippen molar-refractivity contribution in [3.05, 3.63) is 150 Å². The van der Waals surface area contributed by atoms with Crippen molar-refractivity contribution in [1.29, 1.82) is 0 Å². The van der Waals surface area contributed by atoms with Crippen LogP contribution in [0.1, 0.15) is 22.3 Å². The molecule has 0 amide bonds. The van der Waals surface area contributed by atoms with Crippen LogP contribution in [0.5, 0.6) is 11.5 Å². The molecular weight excluding hydrogens is 599 g/mol. The number of hydrogen-bond donors (Lipinski definition) is 0. The number of nitrogens with zero attached hydrogens (tertiary/aromatic N) is 1. The predicted octanol–water partition coefficient (Wildman–Crippen LogP) is 9.03. The molecule has 0 unspecified atom stereocenters. The third kappa shape index (κ3) is 6.30. The largest absolute Gasteiger partial charge is 0.489 e. The fourth-order valence-electron chi connectivity index (χ4n) is 5.14. The number of aryl methyl sites for hydroxylation is 1. The van der Waals surface area contributed by atoms with E-state index in [0.717, 1.165) is 20.7 Å².